The van der Waals surface area contributed by atoms with Crippen LogP contribution in [0.15, 0.2) is 62.6 Å². The van der Waals surface area contributed by atoms with Crippen molar-refractivity contribution in [2.45, 2.75) is 31.3 Å². The lowest BCUT2D eigenvalue weighted by Gasteiger charge is -2.07. The Kier molecular flexibility index (Phi) is 5.96. The Bertz CT molecular complexity index is 1130. The summed E-state index contributed by atoms with van der Waals surface area (Å²) in [6, 6.07) is 13.2. The van der Waals surface area contributed by atoms with Crippen LogP contribution in [0, 0.1) is 0 Å². The number of aromatic nitrogens is 1. The molecule has 28 heavy (non-hydrogen) atoms. The molecule has 0 amide bonds. The van der Waals surface area contributed by atoms with E-state index >= 15 is 0 Å². The monoisotopic (exact) mass is 404 g/mol. The third-order valence-electron chi connectivity index (χ3n) is 4.01. The van der Waals surface area contributed by atoms with Crippen molar-refractivity contribution in [1.29, 1.82) is 0 Å². The van der Waals surface area contributed by atoms with Gasteiger partial charge in [-0.3, -0.25) is 9.36 Å². The molecule has 1 N–H and O–H groups in total. The van der Waals surface area contributed by atoms with Crippen molar-refractivity contribution in [3.63, 3.8) is 0 Å². The largest absolute Gasteiger partial charge is 0.464 e. The van der Waals surface area contributed by atoms with E-state index in [0.717, 1.165) is 10.1 Å². The zero-order valence-electron chi connectivity index (χ0n) is 15.3. The molecule has 0 radical (unpaired) electrons. The minimum Gasteiger partial charge on any atom is -0.464 e. The zero-order chi connectivity index (χ0) is 20.1. The number of oxazole rings is 1. The molecule has 0 saturated carbocycles. The van der Waals surface area contributed by atoms with Crippen molar-refractivity contribution in [3.05, 3.63) is 64.6 Å². The van der Waals surface area contributed by atoms with Gasteiger partial charge in [-0.2, -0.15) is 0 Å². The van der Waals surface area contributed by atoms with Crippen LogP contribution in [0.25, 0.3) is 11.1 Å². The van der Waals surface area contributed by atoms with Crippen LogP contribution >= 0.6 is 0 Å². The highest BCUT2D eigenvalue weighted by atomic mass is 32.2. The molecule has 0 bridgehead atoms. The van der Waals surface area contributed by atoms with Crippen LogP contribution in [-0.4, -0.2) is 25.6 Å². The lowest BCUT2D eigenvalue weighted by molar-refractivity contribution is -0.144. The molecule has 8 nitrogen and oxygen atoms in total. The number of carbonyl (C=O) groups excluding carboxylic acids is 1. The van der Waals surface area contributed by atoms with Crippen molar-refractivity contribution in [1.82, 2.24) is 9.29 Å². The Balaban J connectivity index is 1.82. The maximum Gasteiger partial charge on any atom is 0.420 e. The van der Waals surface area contributed by atoms with E-state index in [1.807, 2.05) is 37.3 Å². The normalized spacial score (nSPS) is 11.6. The summed E-state index contributed by atoms with van der Waals surface area (Å²) in [5.41, 5.74) is 1.21. The van der Waals surface area contributed by atoms with Crippen LogP contribution in [0.5, 0.6) is 0 Å². The van der Waals surface area contributed by atoms with Crippen molar-refractivity contribution < 1.29 is 22.4 Å². The van der Waals surface area contributed by atoms with Gasteiger partial charge in [-0.25, -0.2) is 17.9 Å². The first kappa shape index (κ1) is 19.8. The number of benzene rings is 2. The summed E-state index contributed by atoms with van der Waals surface area (Å²) in [6.45, 7) is 1.96. The van der Waals surface area contributed by atoms with Gasteiger partial charge in [0, 0.05) is 12.6 Å². The van der Waals surface area contributed by atoms with Gasteiger partial charge in [-0.15, -0.1) is 0 Å². The van der Waals surface area contributed by atoms with E-state index in [-0.39, 0.29) is 30.2 Å². The molecule has 0 atom stereocenters. The van der Waals surface area contributed by atoms with Gasteiger partial charge in [-0.1, -0.05) is 37.3 Å². The molecule has 0 unspecified atom stereocenters. The first-order valence-electron chi connectivity index (χ1n) is 8.73. The smallest absolute Gasteiger partial charge is 0.420 e. The molecule has 1 heterocycles. The van der Waals surface area contributed by atoms with Crippen molar-refractivity contribution in [3.8, 4) is 0 Å². The van der Waals surface area contributed by atoms with Crippen LogP contribution in [0.2, 0.25) is 0 Å². The minimum absolute atomic E-state index is 0.0367. The number of nitrogens with one attached hydrogen (secondary N) is 1. The SMILES string of the molecule is CCCOC(=O)Cn1c(=O)oc2cc(S(=O)(=O)NCc3ccccc3)ccc21. The summed E-state index contributed by atoms with van der Waals surface area (Å²) in [5.74, 6) is -1.32. The van der Waals surface area contributed by atoms with Gasteiger partial charge in [0.2, 0.25) is 10.0 Å². The van der Waals surface area contributed by atoms with E-state index < -0.39 is 21.7 Å². The van der Waals surface area contributed by atoms with Crippen LogP contribution in [0.4, 0.5) is 0 Å². The molecule has 148 valence electrons. The lowest BCUT2D eigenvalue weighted by atomic mass is 10.2. The summed E-state index contributed by atoms with van der Waals surface area (Å²) in [5, 5.41) is 0. The highest BCUT2D eigenvalue weighted by molar-refractivity contribution is 7.89. The number of sulfonamides is 1. The van der Waals surface area contributed by atoms with E-state index in [1.165, 1.54) is 18.2 Å². The Morgan fingerprint density at radius 3 is 2.64 bits per heavy atom. The average molecular weight is 404 g/mol. The van der Waals surface area contributed by atoms with E-state index in [9.17, 15) is 18.0 Å². The first-order chi connectivity index (χ1) is 13.4. The molecule has 2 aromatic carbocycles. The summed E-state index contributed by atoms with van der Waals surface area (Å²) in [7, 11) is -3.80. The molecule has 3 rings (SSSR count). The van der Waals surface area contributed by atoms with Gasteiger partial charge < -0.3 is 9.15 Å². The third kappa shape index (κ3) is 4.49. The Hall–Kier alpha value is -2.91. The standard InChI is InChI=1S/C19H20N2O6S/c1-2-10-26-18(22)13-21-16-9-8-15(11-17(16)27-19(21)23)28(24,25)20-12-14-6-4-3-5-7-14/h3-9,11,20H,2,10,12-13H2,1H3. The number of fused-ring (bicyclic) bond motifs is 1. The van der Waals surface area contributed by atoms with Crippen molar-refractivity contribution in [2.24, 2.45) is 0 Å². The fourth-order valence-corrected chi connectivity index (χ4v) is 3.64. The predicted octanol–water partition coefficient (Wildman–Crippen LogP) is 2.03. The van der Waals surface area contributed by atoms with Gasteiger partial charge in [0.15, 0.2) is 5.58 Å². The number of esters is 1. The summed E-state index contributed by atoms with van der Waals surface area (Å²) in [4.78, 5) is 23.8. The van der Waals surface area contributed by atoms with E-state index in [0.29, 0.717) is 11.9 Å². The molecule has 0 saturated heterocycles. The fraction of sp³-hybridized carbons (Fsp3) is 0.263. The lowest BCUT2D eigenvalue weighted by Crippen LogP contribution is -2.23. The summed E-state index contributed by atoms with van der Waals surface area (Å²) >= 11 is 0. The number of hydrogen-bond acceptors (Lipinski definition) is 6. The quantitative estimate of drug-likeness (QED) is 0.576. The topological polar surface area (TPSA) is 108 Å². The molecule has 0 fully saturated rings. The average Bonchev–Trinajstić information content (AvgIpc) is 3.00. The number of carbonyl (C=O) groups is 1. The number of ether oxygens (including phenoxy) is 1. The van der Waals surface area contributed by atoms with Crippen LogP contribution < -0.4 is 10.5 Å². The highest BCUT2D eigenvalue weighted by Crippen LogP contribution is 2.19. The van der Waals surface area contributed by atoms with Crippen LogP contribution in [0.3, 0.4) is 0 Å². The Labute approximate surface area is 161 Å². The molecule has 0 spiro atoms. The predicted molar refractivity (Wildman–Crippen MR) is 102 cm³/mol. The number of nitrogens with zero attached hydrogens (tertiary/aromatic N) is 1. The third-order valence-corrected chi connectivity index (χ3v) is 5.41. The van der Waals surface area contributed by atoms with Crippen molar-refractivity contribution >= 4 is 27.1 Å². The van der Waals surface area contributed by atoms with Crippen LogP contribution in [0.1, 0.15) is 18.9 Å². The van der Waals surface area contributed by atoms with E-state index in [1.54, 1.807) is 0 Å². The van der Waals surface area contributed by atoms with Gasteiger partial charge in [-0.05, 0) is 24.1 Å². The molecular weight excluding hydrogens is 384 g/mol. The molecule has 0 aliphatic heterocycles. The van der Waals surface area contributed by atoms with E-state index in [2.05, 4.69) is 4.72 Å². The molecule has 3 aromatic rings. The number of rotatable bonds is 8. The summed E-state index contributed by atoms with van der Waals surface area (Å²) < 4.78 is 38.8. The Morgan fingerprint density at radius 1 is 1.18 bits per heavy atom. The maximum absolute atomic E-state index is 12.5. The maximum atomic E-state index is 12.5. The molecule has 1 aromatic heterocycles. The second kappa shape index (κ2) is 8.41. The second-order valence-corrected chi connectivity index (χ2v) is 7.88. The van der Waals surface area contributed by atoms with Gasteiger partial charge in [0.1, 0.15) is 6.54 Å². The second-order valence-electron chi connectivity index (χ2n) is 6.11. The van der Waals surface area contributed by atoms with Gasteiger partial charge in [0.25, 0.3) is 0 Å². The van der Waals surface area contributed by atoms with Crippen LogP contribution in [-0.2, 0) is 32.6 Å². The molecule has 0 aliphatic carbocycles. The Morgan fingerprint density at radius 2 is 1.93 bits per heavy atom. The first-order valence-corrected chi connectivity index (χ1v) is 10.2. The molecule has 9 heteroatoms. The van der Waals surface area contributed by atoms with Gasteiger partial charge in [0.05, 0.1) is 17.0 Å². The zero-order valence-corrected chi connectivity index (χ0v) is 16.1. The van der Waals surface area contributed by atoms with E-state index in [4.69, 9.17) is 9.15 Å². The fourth-order valence-electron chi connectivity index (χ4n) is 2.61. The minimum atomic E-state index is -3.80. The van der Waals surface area contributed by atoms with Gasteiger partial charge >= 0.3 is 11.7 Å². The highest BCUT2D eigenvalue weighted by Gasteiger charge is 2.19. The molecular formula is C19H20N2O6S. The summed E-state index contributed by atoms with van der Waals surface area (Å²) in [6.07, 6.45) is 0.671. The number of hydrogen-bond donors (Lipinski definition) is 1. The molecule has 0 aliphatic rings. The van der Waals surface area contributed by atoms with Crippen molar-refractivity contribution in [2.75, 3.05) is 6.61 Å².